The molecule has 0 aliphatic heterocycles. The Bertz CT molecular complexity index is 615. The van der Waals surface area contributed by atoms with Gasteiger partial charge in [0, 0.05) is 13.0 Å². The summed E-state index contributed by atoms with van der Waals surface area (Å²) >= 11 is 0. The Hall–Kier alpha value is -2.55. The van der Waals surface area contributed by atoms with E-state index in [2.05, 4.69) is 0 Å². The fraction of sp³-hybridized carbons (Fsp3) is 0.118. The number of ether oxygens (including phenoxy) is 2. The first-order valence-electron chi connectivity index (χ1n) is 6.28. The molecule has 20 heavy (non-hydrogen) atoms. The highest BCUT2D eigenvalue weighted by Crippen LogP contribution is 2.24. The molecule has 0 aliphatic carbocycles. The van der Waals surface area contributed by atoms with Gasteiger partial charge >= 0.3 is 5.97 Å². The van der Waals surface area contributed by atoms with E-state index in [9.17, 15) is 4.79 Å². The summed E-state index contributed by atoms with van der Waals surface area (Å²) in [5.74, 6) is 0.775. The van der Waals surface area contributed by atoms with Crippen molar-refractivity contribution in [2.75, 3.05) is 7.11 Å². The normalized spacial score (nSPS) is 10.5. The predicted molar refractivity (Wildman–Crippen MR) is 79.7 cm³/mol. The third-order valence-electron chi connectivity index (χ3n) is 2.67. The van der Waals surface area contributed by atoms with Crippen LogP contribution in [0.15, 0.2) is 48.5 Å². The van der Waals surface area contributed by atoms with Crippen LogP contribution in [0, 0.1) is 0 Å². The van der Waals surface area contributed by atoms with Crippen LogP contribution in [-0.4, -0.2) is 13.1 Å². The van der Waals surface area contributed by atoms with Gasteiger partial charge in [0.05, 0.1) is 7.11 Å². The largest absolute Gasteiger partial charge is 0.497 e. The van der Waals surface area contributed by atoms with Crippen LogP contribution >= 0.6 is 0 Å². The van der Waals surface area contributed by atoms with Crippen LogP contribution in [0.3, 0.4) is 0 Å². The van der Waals surface area contributed by atoms with Crippen LogP contribution in [-0.2, 0) is 4.79 Å². The number of hydrogen-bond donors (Lipinski definition) is 0. The molecule has 0 amide bonds. The minimum absolute atomic E-state index is 0.351. The second-order valence-corrected chi connectivity index (χ2v) is 4.28. The first-order valence-corrected chi connectivity index (χ1v) is 6.28. The monoisotopic (exact) mass is 268 g/mol. The highest BCUT2D eigenvalue weighted by atomic mass is 16.5. The third kappa shape index (κ3) is 3.99. The molecule has 0 bridgehead atoms. The number of benzene rings is 2. The number of rotatable bonds is 4. The molecule has 0 N–H and O–H groups in total. The smallest absolute Gasteiger partial charge is 0.308 e. The summed E-state index contributed by atoms with van der Waals surface area (Å²) in [6.07, 6.45) is 3.94. The van der Waals surface area contributed by atoms with Gasteiger partial charge in [0.2, 0.25) is 0 Å². The van der Waals surface area contributed by atoms with E-state index in [0.29, 0.717) is 11.5 Å². The van der Waals surface area contributed by atoms with Crippen molar-refractivity contribution < 1.29 is 14.3 Å². The second-order valence-electron chi connectivity index (χ2n) is 4.28. The Balaban J connectivity index is 2.26. The summed E-state index contributed by atoms with van der Waals surface area (Å²) in [5.41, 5.74) is 2.01. The van der Waals surface area contributed by atoms with E-state index in [-0.39, 0.29) is 5.97 Å². The standard InChI is InChI=1S/C17H16O3/c1-13(18)20-17-11-15(10-16(12-17)19-2)9-8-14-6-4-3-5-7-14/h3-12H,1-2H3. The lowest BCUT2D eigenvalue weighted by Crippen LogP contribution is -2.01. The van der Waals surface area contributed by atoms with Crippen molar-refractivity contribution in [1.82, 2.24) is 0 Å². The molecule has 0 heterocycles. The number of carbonyl (C=O) groups excluding carboxylic acids is 1. The molecule has 0 saturated carbocycles. The van der Waals surface area contributed by atoms with Crippen LogP contribution in [0.25, 0.3) is 12.2 Å². The molecule has 3 nitrogen and oxygen atoms in total. The first kappa shape index (κ1) is 13.9. The molecule has 0 unspecified atom stereocenters. The number of methoxy groups -OCH3 is 1. The molecule has 0 spiro atoms. The average molecular weight is 268 g/mol. The van der Waals surface area contributed by atoms with Crippen molar-refractivity contribution in [3.05, 3.63) is 59.7 Å². The Kier molecular flexibility index (Phi) is 4.56. The lowest BCUT2D eigenvalue weighted by Gasteiger charge is -2.06. The molecule has 2 aromatic rings. The zero-order chi connectivity index (χ0) is 14.4. The van der Waals surface area contributed by atoms with E-state index in [1.807, 2.05) is 48.6 Å². The lowest BCUT2D eigenvalue weighted by atomic mass is 10.1. The molecule has 0 saturated heterocycles. The number of hydrogen-bond acceptors (Lipinski definition) is 3. The van der Waals surface area contributed by atoms with Crippen molar-refractivity contribution in [3.8, 4) is 11.5 Å². The second kappa shape index (κ2) is 6.57. The first-order chi connectivity index (χ1) is 9.67. The van der Waals surface area contributed by atoms with E-state index in [1.54, 1.807) is 19.2 Å². The zero-order valence-corrected chi connectivity index (χ0v) is 11.5. The summed E-state index contributed by atoms with van der Waals surface area (Å²) in [7, 11) is 1.58. The average Bonchev–Trinajstić information content (AvgIpc) is 2.45. The van der Waals surface area contributed by atoms with Gasteiger partial charge in [0.15, 0.2) is 0 Å². The fourth-order valence-corrected chi connectivity index (χ4v) is 1.79. The Labute approximate surface area is 118 Å². The summed E-state index contributed by atoms with van der Waals surface area (Å²) in [5, 5.41) is 0. The molecule has 0 aromatic heterocycles. The van der Waals surface area contributed by atoms with Crippen molar-refractivity contribution in [2.45, 2.75) is 6.92 Å². The van der Waals surface area contributed by atoms with Crippen molar-refractivity contribution in [2.24, 2.45) is 0 Å². The SMILES string of the molecule is COc1cc(C=Cc2ccccc2)cc(OC(C)=O)c1. The quantitative estimate of drug-likeness (QED) is 0.481. The molecule has 2 rings (SSSR count). The fourth-order valence-electron chi connectivity index (χ4n) is 1.79. The number of esters is 1. The Morgan fingerprint density at radius 3 is 2.25 bits per heavy atom. The van der Waals surface area contributed by atoms with Gasteiger partial charge in [-0.1, -0.05) is 42.5 Å². The van der Waals surface area contributed by atoms with Crippen molar-refractivity contribution in [3.63, 3.8) is 0 Å². The van der Waals surface area contributed by atoms with Gasteiger partial charge in [0.25, 0.3) is 0 Å². The minimum atomic E-state index is -0.351. The molecule has 0 radical (unpaired) electrons. The van der Waals surface area contributed by atoms with Crippen LogP contribution < -0.4 is 9.47 Å². The van der Waals surface area contributed by atoms with Gasteiger partial charge in [-0.15, -0.1) is 0 Å². The summed E-state index contributed by atoms with van der Waals surface area (Å²) in [6, 6.07) is 15.3. The summed E-state index contributed by atoms with van der Waals surface area (Å²) in [4.78, 5) is 11.0. The maximum Gasteiger partial charge on any atom is 0.308 e. The topological polar surface area (TPSA) is 35.5 Å². The molecule has 3 heteroatoms. The van der Waals surface area contributed by atoms with Gasteiger partial charge < -0.3 is 9.47 Å². The van der Waals surface area contributed by atoms with Crippen LogP contribution in [0.4, 0.5) is 0 Å². The van der Waals surface area contributed by atoms with E-state index in [0.717, 1.165) is 11.1 Å². The lowest BCUT2D eigenvalue weighted by molar-refractivity contribution is -0.131. The van der Waals surface area contributed by atoms with E-state index in [1.165, 1.54) is 6.92 Å². The molecular weight excluding hydrogens is 252 g/mol. The van der Waals surface area contributed by atoms with E-state index >= 15 is 0 Å². The molecule has 0 fully saturated rings. The summed E-state index contributed by atoms with van der Waals surface area (Å²) in [6.45, 7) is 1.37. The van der Waals surface area contributed by atoms with Gasteiger partial charge in [-0.05, 0) is 23.3 Å². The van der Waals surface area contributed by atoms with Crippen molar-refractivity contribution in [1.29, 1.82) is 0 Å². The van der Waals surface area contributed by atoms with Crippen molar-refractivity contribution >= 4 is 18.1 Å². The van der Waals surface area contributed by atoms with Gasteiger partial charge in [0.1, 0.15) is 11.5 Å². The van der Waals surface area contributed by atoms with Gasteiger partial charge in [-0.3, -0.25) is 4.79 Å². The van der Waals surface area contributed by atoms with Gasteiger partial charge in [-0.25, -0.2) is 0 Å². The molecule has 102 valence electrons. The number of carbonyl (C=O) groups is 1. The molecule has 0 atom stereocenters. The molecule has 0 aliphatic rings. The zero-order valence-electron chi connectivity index (χ0n) is 11.5. The maximum atomic E-state index is 11.0. The predicted octanol–water partition coefficient (Wildman–Crippen LogP) is 3.79. The molecular formula is C17H16O3. The third-order valence-corrected chi connectivity index (χ3v) is 2.67. The maximum absolute atomic E-state index is 11.0. The molecule has 2 aromatic carbocycles. The Morgan fingerprint density at radius 1 is 0.950 bits per heavy atom. The van der Waals surface area contributed by atoms with Crippen LogP contribution in [0.1, 0.15) is 18.1 Å². The van der Waals surface area contributed by atoms with E-state index < -0.39 is 0 Å². The summed E-state index contributed by atoms with van der Waals surface area (Å²) < 4.78 is 10.3. The highest BCUT2D eigenvalue weighted by molar-refractivity contribution is 5.73. The van der Waals surface area contributed by atoms with Crippen LogP contribution in [0.2, 0.25) is 0 Å². The highest BCUT2D eigenvalue weighted by Gasteiger charge is 2.03. The van der Waals surface area contributed by atoms with Gasteiger partial charge in [-0.2, -0.15) is 0 Å². The van der Waals surface area contributed by atoms with E-state index in [4.69, 9.17) is 9.47 Å². The Morgan fingerprint density at radius 2 is 1.60 bits per heavy atom. The van der Waals surface area contributed by atoms with Crippen LogP contribution in [0.5, 0.6) is 11.5 Å². The minimum Gasteiger partial charge on any atom is -0.497 e.